The predicted octanol–water partition coefficient (Wildman–Crippen LogP) is 23.3. The van der Waals surface area contributed by atoms with Crippen LogP contribution in [0.1, 0.15) is 0 Å². The fourth-order valence-corrected chi connectivity index (χ4v) is 17.4. The van der Waals surface area contributed by atoms with Gasteiger partial charge in [-0.05, 0) is 137 Å². The van der Waals surface area contributed by atoms with Gasteiger partial charge in [0.2, 0.25) is 0 Å². The first-order chi connectivity index (χ1) is 61.4. The van der Waals surface area contributed by atoms with E-state index in [1.54, 1.807) is 0 Å². The van der Waals surface area contributed by atoms with Crippen LogP contribution in [-0.2, 0) is 0 Å². The van der Waals surface area contributed by atoms with E-state index < -0.39 is 0 Å². The van der Waals surface area contributed by atoms with E-state index >= 15 is 0 Å². The van der Waals surface area contributed by atoms with Gasteiger partial charge in [0.05, 0.1) is 16.7 Å². The van der Waals surface area contributed by atoms with Crippen LogP contribution in [0.2, 0.25) is 0 Å². The van der Waals surface area contributed by atoms with Crippen LogP contribution in [0.4, 0.5) is 34.1 Å². The maximum atomic E-state index is 5.80. The Kier molecular flexibility index (Phi) is 17.9. The second kappa shape index (κ2) is 30.7. The second-order valence-electron chi connectivity index (χ2n) is 30.7. The molecule has 2 aliphatic heterocycles. The predicted molar refractivity (Wildman–Crippen MR) is 499 cm³/mol. The van der Waals surface area contributed by atoms with Gasteiger partial charge in [0.25, 0.3) is 6.71 Å². The molecular weight excluding hydrogens is 1520 g/mol. The molecule has 0 fully saturated rings. The Labute approximate surface area is 714 Å². The van der Waals surface area contributed by atoms with Crippen LogP contribution in [0, 0.1) is 0 Å². The highest BCUT2D eigenvalue weighted by Crippen LogP contribution is 2.48. The monoisotopic (exact) mass is 1590 g/mol. The fraction of sp³-hybridized carbons (Fsp3) is 0. The van der Waals surface area contributed by atoms with Crippen LogP contribution >= 0.6 is 0 Å². The molecule has 7 heterocycles. The summed E-state index contributed by atoms with van der Waals surface area (Å²) in [7, 11) is 0. The molecule has 0 spiro atoms. The molecule has 0 N–H and O–H groups in total. The number of nitrogens with zero attached hydrogens (tertiary/aromatic N) is 15. The van der Waals surface area contributed by atoms with Crippen LogP contribution in [0.5, 0.6) is 0 Å². The van der Waals surface area contributed by atoms with Gasteiger partial charge in [0.15, 0.2) is 69.9 Å². The number of rotatable bonds is 16. The molecule has 0 saturated heterocycles. The summed E-state index contributed by atoms with van der Waals surface area (Å²) in [5.41, 5.74) is 24.3. The fourth-order valence-electron chi connectivity index (χ4n) is 17.4. The molecule has 0 aliphatic carbocycles. The highest BCUT2D eigenvalue weighted by molar-refractivity contribution is 7.00. The van der Waals surface area contributed by atoms with Crippen LogP contribution in [0.25, 0.3) is 175 Å². The zero-order valence-corrected chi connectivity index (χ0v) is 66.5. The SMILES string of the molecule is c1ccc(-c2nc(-c3ccccc3)nc(-c3ccc(-n4c5ccc(-c6nc(-c7ccccc7)nc(-c7ccccc7)n6)cc5c5cc(-c6nc(-c7ccccc7)nc(-c7ccccc7)n6)ccc54)c(-c4nc(-c5ccccc5)nc(-c5cccc(-c6cc7c8c(c6)N(c6ccccc6)c6ccccc6B8c6ccccc6N7c6ccccc6)c5)n4)c3)n2)cc1. The van der Waals surface area contributed by atoms with E-state index in [0.29, 0.717) is 81.0 Å². The lowest BCUT2D eigenvalue weighted by Crippen LogP contribution is -2.61. The Morgan fingerprint density at radius 1 is 0.169 bits per heavy atom. The second-order valence-corrected chi connectivity index (χ2v) is 30.7. The third-order valence-corrected chi connectivity index (χ3v) is 23.2. The quantitative estimate of drug-likeness (QED) is 0.0839. The van der Waals surface area contributed by atoms with Gasteiger partial charge >= 0.3 is 0 Å². The van der Waals surface area contributed by atoms with Crippen molar-refractivity contribution >= 4 is 79.0 Å². The number of hydrogen-bond donors (Lipinski definition) is 0. The molecule has 0 radical (unpaired) electrons. The van der Waals surface area contributed by atoms with E-state index in [4.69, 9.17) is 59.8 Å². The van der Waals surface area contributed by atoms with Crippen molar-refractivity contribution in [3.05, 3.63) is 413 Å². The van der Waals surface area contributed by atoms with E-state index in [-0.39, 0.29) is 6.71 Å². The zero-order chi connectivity index (χ0) is 82.0. The number of fused-ring (bicyclic) bond motifs is 7. The molecule has 2 aliphatic rings. The number of hydrogen-bond acceptors (Lipinski definition) is 14. The Hall–Kier alpha value is -17.0. The lowest BCUT2D eigenvalue weighted by Gasteiger charge is -2.44. The van der Waals surface area contributed by atoms with E-state index in [1.807, 2.05) is 200 Å². The minimum atomic E-state index is -0.0614. The number of para-hydroxylation sites is 4. The van der Waals surface area contributed by atoms with Crippen molar-refractivity contribution in [1.29, 1.82) is 0 Å². The van der Waals surface area contributed by atoms with Gasteiger partial charge in [-0.1, -0.05) is 303 Å². The summed E-state index contributed by atoms with van der Waals surface area (Å²) in [5.74, 6) is 6.00. The third kappa shape index (κ3) is 13.1. The summed E-state index contributed by atoms with van der Waals surface area (Å²) < 4.78 is 2.31. The smallest absolute Gasteiger partial charge is 0.252 e. The highest BCUT2D eigenvalue weighted by Gasteiger charge is 2.44. The lowest BCUT2D eigenvalue weighted by molar-refractivity contribution is 1.06. The molecule has 578 valence electrons. The average Bonchev–Trinajstić information content (AvgIpc) is 0.897. The van der Waals surface area contributed by atoms with Crippen LogP contribution in [-0.4, -0.2) is 71.1 Å². The van der Waals surface area contributed by atoms with Gasteiger partial charge < -0.3 is 14.4 Å². The van der Waals surface area contributed by atoms with Gasteiger partial charge in [0.1, 0.15) is 0 Å². The highest BCUT2D eigenvalue weighted by atomic mass is 15.2. The molecule has 21 aromatic rings. The number of benzene rings is 16. The first-order valence-electron chi connectivity index (χ1n) is 41.3. The Morgan fingerprint density at radius 3 is 0.782 bits per heavy atom. The molecule has 124 heavy (non-hydrogen) atoms. The largest absolute Gasteiger partial charge is 0.311 e. The van der Waals surface area contributed by atoms with Crippen LogP contribution in [0.15, 0.2) is 413 Å². The van der Waals surface area contributed by atoms with E-state index in [0.717, 1.165) is 128 Å². The summed E-state index contributed by atoms with van der Waals surface area (Å²) in [6.45, 7) is -0.0614. The molecule has 16 heteroatoms. The van der Waals surface area contributed by atoms with Crippen LogP contribution in [0.3, 0.4) is 0 Å². The molecular formula is C108H68BN15. The van der Waals surface area contributed by atoms with Crippen molar-refractivity contribution in [2.24, 2.45) is 0 Å². The van der Waals surface area contributed by atoms with Gasteiger partial charge in [-0.25, -0.2) is 59.8 Å². The zero-order valence-electron chi connectivity index (χ0n) is 66.5. The maximum Gasteiger partial charge on any atom is 0.252 e. The van der Waals surface area contributed by atoms with Crippen molar-refractivity contribution in [3.8, 4) is 153 Å². The normalized spacial score (nSPS) is 12.0. The molecule has 16 aromatic carbocycles. The van der Waals surface area contributed by atoms with Crippen molar-refractivity contribution in [2.75, 3.05) is 9.80 Å². The summed E-state index contributed by atoms with van der Waals surface area (Å²) in [6.07, 6.45) is 0. The number of aromatic nitrogens is 13. The summed E-state index contributed by atoms with van der Waals surface area (Å²) in [5, 5.41) is 1.78. The van der Waals surface area contributed by atoms with Gasteiger partial charge in [-0.2, -0.15) is 0 Å². The van der Waals surface area contributed by atoms with Crippen molar-refractivity contribution in [1.82, 2.24) is 64.4 Å². The topological polar surface area (TPSA) is 166 Å². The van der Waals surface area contributed by atoms with Crippen molar-refractivity contribution in [3.63, 3.8) is 0 Å². The average molecular weight is 1590 g/mol. The Morgan fingerprint density at radius 2 is 0.435 bits per heavy atom. The molecule has 0 saturated carbocycles. The van der Waals surface area contributed by atoms with E-state index in [9.17, 15) is 0 Å². The van der Waals surface area contributed by atoms with E-state index in [2.05, 4.69) is 227 Å². The van der Waals surface area contributed by atoms with Gasteiger partial charge in [0, 0.05) is 112 Å². The van der Waals surface area contributed by atoms with Gasteiger partial charge in [-0.3, -0.25) is 0 Å². The molecule has 23 rings (SSSR count). The summed E-state index contributed by atoms with van der Waals surface area (Å²) in [6, 6.07) is 142. The first-order valence-corrected chi connectivity index (χ1v) is 41.3. The minimum absolute atomic E-state index is 0.0614. The molecule has 0 bridgehead atoms. The molecule has 15 nitrogen and oxygen atoms in total. The third-order valence-electron chi connectivity index (χ3n) is 23.2. The number of anilines is 6. The molecule has 0 atom stereocenters. The Balaban J connectivity index is 0.765. The van der Waals surface area contributed by atoms with Crippen LogP contribution < -0.4 is 26.2 Å². The van der Waals surface area contributed by atoms with Gasteiger partial charge in [-0.15, -0.1) is 0 Å². The first kappa shape index (κ1) is 72.3. The van der Waals surface area contributed by atoms with E-state index in [1.165, 1.54) is 16.4 Å². The molecule has 0 amide bonds. The minimum Gasteiger partial charge on any atom is -0.311 e. The van der Waals surface area contributed by atoms with Crippen molar-refractivity contribution in [2.45, 2.75) is 0 Å². The maximum absolute atomic E-state index is 5.80. The van der Waals surface area contributed by atoms with Crippen molar-refractivity contribution < 1.29 is 0 Å². The summed E-state index contributed by atoms with van der Waals surface area (Å²) >= 11 is 0. The molecule has 0 unspecified atom stereocenters. The summed E-state index contributed by atoms with van der Waals surface area (Å²) in [4.78, 5) is 69.2. The standard InChI is InChI=1S/C108H68BN15/c1-10-33-69(34-11-1)97-110-98(70-35-12-2-13-36-70)114-105(113-97)78-57-60-89-84(64-78)85-65-79(106-115-99(71-37-14-3-15-38-71)111-100(116-106)72-39-16-4-17-40-72)58-61-90(85)124(89)91-62-59-80(107-117-101(73-41-18-5-19-42-73)112-102(118-107)74-43-20-6-21-44-74)66-86(91)108-120-103(75-45-22-7-23-46-75)119-104(121-108)77-48-32-47-76(63-77)81-67-94-96-95(68-81)123(83-51-26-9-27-52-83)93-56-31-29-54-88(93)109(96)87-53-28-30-55-92(87)122(94)82-49-24-8-25-50-82/h1-68H. The molecule has 5 aromatic heterocycles. The lowest BCUT2D eigenvalue weighted by atomic mass is 9.33. The Bertz CT molecular complexity index is 7200.